The SMILES string of the molecule is COc1ccc(C2=CSc3nnc([C@@H](N)Cc4ccccc4)n3N2)cc1. The maximum atomic E-state index is 6.41. The standard InChI is InChI=1S/C19H19N5OS/c1-25-15-9-7-14(8-10-15)17-12-26-19-22-21-18(24(19)23-17)16(20)11-13-5-3-2-4-6-13/h2-10,12,16,23H,11,20H2,1H3/t16-/m0/s1. The monoisotopic (exact) mass is 365 g/mol. The molecule has 0 saturated heterocycles. The Bertz CT molecular complexity index is 921. The van der Waals surface area contributed by atoms with Gasteiger partial charge in [-0.2, -0.15) is 0 Å². The van der Waals surface area contributed by atoms with Crippen LogP contribution in [0.5, 0.6) is 5.75 Å². The second-order valence-corrected chi connectivity index (χ2v) is 6.80. The van der Waals surface area contributed by atoms with Crippen LogP contribution in [0.3, 0.4) is 0 Å². The highest BCUT2D eigenvalue weighted by Gasteiger charge is 2.22. The van der Waals surface area contributed by atoms with E-state index in [9.17, 15) is 0 Å². The van der Waals surface area contributed by atoms with Crippen molar-refractivity contribution in [2.75, 3.05) is 12.5 Å². The molecule has 1 aliphatic rings. The predicted molar refractivity (Wildman–Crippen MR) is 103 cm³/mol. The molecule has 6 nitrogen and oxygen atoms in total. The molecule has 0 fully saturated rings. The highest BCUT2D eigenvalue weighted by atomic mass is 32.2. The molecular weight excluding hydrogens is 346 g/mol. The van der Waals surface area contributed by atoms with Gasteiger partial charge in [-0.05, 0) is 36.2 Å². The average molecular weight is 365 g/mol. The second-order valence-electron chi connectivity index (χ2n) is 5.96. The molecule has 0 unspecified atom stereocenters. The van der Waals surface area contributed by atoms with Gasteiger partial charge in [-0.15, -0.1) is 10.2 Å². The lowest BCUT2D eigenvalue weighted by Gasteiger charge is -2.21. The minimum absolute atomic E-state index is 0.248. The number of nitrogens with one attached hydrogen (secondary N) is 1. The van der Waals surface area contributed by atoms with Crippen LogP contribution < -0.4 is 15.9 Å². The maximum absolute atomic E-state index is 6.41. The molecule has 3 aromatic rings. The van der Waals surface area contributed by atoms with Crippen LogP contribution in [0.1, 0.15) is 23.0 Å². The van der Waals surface area contributed by atoms with E-state index in [4.69, 9.17) is 10.5 Å². The molecule has 0 spiro atoms. The summed E-state index contributed by atoms with van der Waals surface area (Å²) < 4.78 is 7.09. The molecule has 0 radical (unpaired) electrons. The van der Waals surface area contributed by atoms with Gasteiger partial charge < -0.3 is 10.5 Å². The van der Waals surface area contributed by atoms with Crippen molar-refractivity contribution in [2.24, 2.45) is 5.73 Å². The third-order valence-corrected chi connectivity index (χ3v) is 5.03. The fourth-order valence-electron chi connectivity index (χ4n) is 2.82. The first kappa shape index (κ1) is 16.7. The molecule has 1 aliphatic heterocycles. The van der Waals surface area contributed by atoms with Gasteiger partial charge in [0, 0.05) is 11.0 Å². The molecule has 2 aromatic carbocycles. The number of thioether (sulfide) groups is 1. The molecule has 0 amide bonds. The van der Waals surface area contributed by atoms with Crippen molar-refractivity contribution in [3.8, 4) is 5.75 Å². The smallest absolute Gasteiger partial charge is 0.214 e. The van der Waals surface area contributed by atoms with Crippen LogP contribution in [-0.4, -0.2) is 22.0 Å². The summed E-state index contributed by atoms with van der Waals surface area (Å²) >= 11 is 1.52. The largest absolute Gasteiger partial charge is 0.497 e. The first-order chi connectivity index (χ1) is 12.7. The molecule has 0 aliphatic carbocycles. The van der Waals surface area contributed by atoms with E-state index < -0.39 is 0 Å². The summed E-state index contributed by atoms with van der Waals surface area (Å²) in [6.07, 6.45) is 0.701. The van der Waals surface area contributed by atoms with Gasteiger partial charge in [0.15, 0.2) is 5.82 Å². The number of ether oxygens (including phenoxy) is 1. The molecule has 7 heteroatoms. The summed E-state index contributed by atoms with van der Waals surface area (Å²) in [4.78, 5) is 0. The van der Waals surface area contributed by atoms with Crippen molar-refractivity contribution in [2.45, 2.75) is 17.6 Å². The van der Waals surface area contributed by atoms with E-state index in [1.54, 1.807) is 7.11 Å². The molecule has 132 valence electrons. The van der Waals surface area contributed by atoms with Crippen LogP contribution in [-0.2, 0) is 6.42 Å². The molecule has 4 rings (SSSR count). The van der Waals surface area contributed by atoms with Crippen molar-refractivity contribution in [1.29, 1.82) is 0 Å². The Hall–Kier alpha value is -2.77. The predicted octanol–water partition coefficient (Wildman–Crippen LogP) is 3.18. The number of benzene rings is 2. The highest BCUT2D eigenvalue weighted by molar-refractivity contribution is 8.02. The topological polar surface area (TPSA) is 78.0 Å². The summed E-state index contributed by atoms with van der Waals surface area (Å²) in [7, 11) is 1.66. The summed E-state index contributed by atoms with van der Waals surface area (Å²) in [6, 6.07) is 17.8. The number of fused-ring (bicyclic) bond motifs is 1. The van der Waals surface area contributed by atoms with Crippen molar-refractivity contribution >= 4 is 17.5 Å². The molecule has 3 N–H and O–H groups in total. The van der Waals surface area contributed by atoms with Crippen molar-refractivity contribution in [3.05, 3.63) is 77.0 Å². The zero-order chi connectivity index (χ0) is 17.9. The Morgan fingerprint density at radius 3 is 2.62 bits per heavy atom. The van der Waals surface area contributed by atoms with Crippen molar-refractivity contribution in [1.82, 2.24) is 14.9 Å². The Morgan fingerprint density at radius 2 is 1.88 bits per heavy atom. The number of nitrogens with two attached hydrogens (primary N) is 1. The van der Waals surface area contributed by atoms with Crippen molar-refractivity contribution in [3.63, 3.8) is 0 Å². The first-order valence-electron chi connectivity index (χ1n) is 8.27. The lowest BCUT2D eigenvalue weighted by atomic mass is 10.1. The van der Waals surface area contributed by atoms with Crippen molar-refractivity contribution < 1.29 is 4.74 Å². The Labute approximate surface area is 156 Å². The molecular formula is C19H19N5OS. The number of aromatic nitrogens is 3. The van der Waals surface area contributed by atoms with E-state index in [0.29, 0.717) is 6.42 Å². The van der Waals surface area contributed by atoms with Crippen LogP contribution >= 0.6 is 11.8 Å². The molecule has 1 atom stereocenters. The summed E-state index contributed by atoms with van der Waals surface area (Å²) in [5.41, 5.74) is 13.0. The Morgan fingerprint density at radius 1 is 1.12 bits per heavy atom. The number of methoxy groups -OCH3 is 1. The van der Waals surface area contributed by atoms with E-state index in [2.05, 4.69) is 27.8 Å². The van der Waals surface area contributed by atoms with E-state index in [0.717, 1.165) is 28.0 Å². The minimum atomic E-state index is -0.248. The zero-order valence-corrected chi connectivity index (χ0v) is 15.1. The van der Waals surface area contributed by atoms with Gasteiger partial charge in [-0.25, -0.2) is 4.68 Å². The fourth-order valence-corrected chi connectivity index (χ4v) is 3.57. The van der Waals surface area contributed by atoms with Crippen LogP contribution in [0, 0.1) is 0 Å². The minimum Gasteiger partial charge on any atom is -0.497 e. The average Bonchev–Trinajstić information content (AvgIpc) is 3.12. The third kappa shape index (κ3) is 3.31. The molecule has 1 aromatic heterocycles. The van der Waals surface area contributed by atoms with Gasteiger partial charge in [-0.1, -0.05) is 42.1 Å². The van der Waals surface area contributed by atoms with Crippen LogP contribution in [0.4, 0.5) is 0 Å². The van der Waals surface area contributed by atoms with Gasteiger partial charge in [0.25, 0.3) is 0 Å². The van der Waals surface area contributed by atoms with Gasteiger partial charge in [0.2, 0.25) is 5.16 Å². The lowest BCUT2D eigenvalue weighted by molar-refractivity contribution is 0.415. The summed E-state index contributed by atoms with van der Waals surface area (Å²) in [6.45, 7) is 0. The lowest BCUT2D eigenvalue weighted by Crippen LogP contribution is -2.25. The van der Waals surface area contributed by atoms with Gasteiger partial charge in [0.1, 0.15) is 5.75 Å². The van der Waals surface area contributed by atoms with E-state index >= 15 is 0 Å². The summed E-state index contributed by atoms with van der Waals surface area (Å²) in [5, 5.41) is 11.3. The Balaban J connectivity index is 1.55. The Kier molecular flexibility index (Phi) is 4.64. The van der Waals surface area contributed by atoms with Gasteiger partial charge in [0.05, 0.1) is 18.8 Å². The third-order valence-electron chi connectivity index (χ3n) is 4.20. The summed E-state index contributed by atoms with van der Waals surface area (Å²) in [5.74, 6) is 1.55. The first-order valence-corrected chi connectivity index (χ1v) is 9.15. The zero-order valence-electron chi connectivity index (χ0n) is 14.3. The normalized spacial score (nSPS) is 14.2. The van der Waals surface area contributed by atoms with Crippen LogP contribution in [0.25, 0.3) is 5.70 Å². The molecule has 0 bridgehead atoms. The van der Waals surface area contributed by atoms with Crippen LogP contribution in [0.2, 0.25) is 0 Å². The number of nitrogens with zero attached hydrogens (tertiary/aromatic N) is 3. The van der Waals surface area contributed by atoms with E-state index in [1.165, 1.54) is 17.3 Å². The maximum Gasteiger partial charge on any atom is 0.214 e. The second kappa shape index (κ2) is 7.23. The number of rotatable bonds is 5. The molecule has 2 heterocycles. The number of hydrogen-bond acceptors (Lipinski definition) is 6. The van der Waals surface area contributed by atoms with E-state index in [1.807, 2.05) is 52.5 Å². The van der Waals surface area contributed by atoms with Crippen LogP contribution in [0.15, 0.2) is 65.2 Å². The molecule has 0 saturated carbocycles. The number of hydrogen-bond donors (Lipinski definition) is 2. The van der Waals surface area contributed by atoms with E-state index in [-0.39, 0.29) is 6.04 Å². The van der Waals surface area contributed by atoms with Gasteiger partial charge >= 0.3 is 0 Å². The van der Waals surface area contributed by atoms with Gasteiger partial charge in [-0.3, -0.25) is 5.43 Å². The quantitative estimate of drug-likeness (QED) is 0.723. The fraction of sp³-hybridized carbons (Fsp3) is 0.158. The highest BCUT2D eigenvalue weighted by Crippen LogP contribution is 2.30. The molecule has 26 heavy (non-hydrogen) atoms.